The van der Waals surface area contributed by atoms with Gasteiger partial charge in [-0.3, -0.25) is 0 Å². The van der Waals surface area contributed by atoms with Crippen LogP contribution in [0.2, 0.25) is 0 Å². The summed E-state index contributed by atoms with van der Waals surface area (Å²) in [5.74, 6) is 2.50. The average Bonchev–Trinajstić information content (AvgIpc) is 2.71. The fourth-order valence-corrected chi connectivity index (χ4v) is 6.91. The third-order valence-electron chi connectivity index (χ3n) is 5.13. The number of rotatable bonds is 5. The molecule has 1 atom stereocenters. The topological polar surface area (TPSA) is 18.5 Å². The SMILES string of the molecule is COc1cc(P(C(C)C)C(C)C)c(OC)c2c1C(C)C(C)=C2C. The van der Waals surface area contributed by atoms with E-state index in [0.29, 0.717) is 17.2 Å². The summed E-state index contributed by atoms with van der Waals surface area (Å²) in [5, 5.41) is 1.35. The van der Waals surface area contributed by atoms with Crippen LogP contribution in [-0.2, 0) is 0 Å². The summed E-state index contributed by atoms with van der Waals surface area (Å²) in [5.41, 5.74) is 6.59. The van der Waals surface area contributed by atoms with Gasteiger partial charge in [0.1, 0.15) is 11.5 Å². The zero-order valence-electron chi connectivity index (χ0n) is 16.1. The first-order valence-corrected chi connectivity index (χ1v) is 9.99. The number of hydrogen-bond donors (Lipinski definition) is 0. The van der Waals surface area contributed by atoms with Crippen LogP contribution in [0.3, 0.4) is 0 Å². The Morgan fingerprint density at radius 2 is 1.57 bits per heavy atom. The molecule has 1 aromatic carbocycles. The van der Waals surface area contributed by atoms with Crippen LogP contribution in [0.4, 0.5) is 0 Å². The number of hydrogen-bond acceptors (Lipinski definition) is 2. The molecule has 0 radical (unpaired) electrons. The van der Waals surface area contributed by atoms with Gasteiger partial charge in [-0.25, -0.2) is 0 Å². The second kappa shape index (κ2) is 6.85. The molecule has 0 spiro atoms. The van der Waals surface area contributed by atoms with Crippen molar-refractivity contribution in [1.82, 2.24) is 0 Å². The minimum absolute atomic E-state index is 0.304. The molecule has 0 aliphatic heterocycles. The Morgan fingerprint density at radius 1 is 1.00 bits per heavy atom. The third kappa shape index (κ3) is 2.91. The third-order valence-corrected chi connectivity index (χ3v) is 8.24. The van der Waals surface area contributed by atoms with E-state index in [1.54, 1.807) is 7.11 Å². The molecular formula is C20H31O2P. The van der Waals surface area contributed by atoms with Gasteiger partial charge in [0.15, 0.2) is 0 Å². The molecule has 1 unspecified atom stereocenters. The highest BCUT2D eigenvalue weighted by molar-refractivity contribution is 7.67. The largest absolute Gasteiger partial charge is 0.496 e. The summed E-state index contributed by atoms with van der Waals surface area (Å²) in [7, 11) is 3.29. The van der Waals surface area contributed by atoms with Crippen LogP contribution in [0.15, 0.2) is 11.6 Å². The monoisotopic (exact) mass is 334 g/mol. The number of methoxy groups -OCH3 is 2. The summed E-state index contributed by atoms with van der Waals surface area (Å²) in [6.45, 7) is 16.0. The minimum atomic E-state index is -0.304. The van der Waals surface area contributed by atoms with Crippen molar-refractivity contribution in [1.29, 1.82) is 0 Å². The molecule has 0 bridgehead atoms. The number of fused-ring (bicyclic) bond motifs is 1. The molecule has 3 heteroatoms. The van der Waals surface area contributed by atoms with Gasteiger partial charge < -0.3 is 9.47 Å². The quantitative estimate of drug-likeness (QED) is 0.658. The summed E-state index contributed by atoms with van der Waals surface area (Å²) in [6.07, 6.45) is 0. The number of ether oxygens (including phenoxy) is 2. The van der Waals surface area contributed by atoms with Crippen molar-refractivity contribution in [3.05, 3.63) is 22.8 Å². The van der Waals surface area contributed by atoms with Crippen molar-refractivity contribution in [3.63, 3.8) is 0 Å². The normalized spacial score (nSPS) is 17.5. The highest BCUT2D eigenvalue weighted by Crippen LogP contribution is 2.54. The second-order valence-electron chi connectivity index (χ2n) is 7.04. The van der Waals surface area contributed by atoms with Gasteiger partial charge in [0.2, 0.25) is 0 Å². The molecular weight excluding hydrogens is 303 g/mol. The van der Waals surface area contributed by atoms with Crippen LogP contribution in [0.1, 0.15) is 65.5 Å². The first-order valence-electron chi connectivity index (χ1n) is 8.51. The lowest BCUT2D eigenvalue weighted by Gasteiger charge is -2.30. The van der Waals surface area contributed by atoms with Crippen molar-refractivity contribution < 1.29 is 9.47 Å². The molecule has 0 heterocycles. The van der Waals surface area contributed by atoms with Crippen molar-refractivity contribution in [2.45, 2.75) is 65.7 Å². The van der Waals surface area contributed by atoms with Gasteiger partial charge in [-0.15, -0.1) is 0 Å². The molecule has 1 aliphatic carbocycles. The standard InChI is InChI=1S/C20H31O2P/c1-11(2)23(12(3)4)17-10-16(21-8)18-14(6)13(5)15(7)19(18)20(17)22-9/h10-12,14H,1-9H3. The van der Waals surface area contributed by atoms with Crippen molar-refractivity contribution >= 4 is 18.8 Å². The van der Waals surface area contributed by atoms with Crippen molar-refractivity contribution in [2.24, 2.45) is 0 Å². The number of allylic oxidation sites excluding steroid dienone is 2. The summed E-state index contributed by atoms with van der Waals surface area (Å²) in [4.78, 5) is 0. The first-order chi connectivity index (χ1) is 10.8. The minimum Gasteiger partial charge on any atom is -0.496 e. The van der Waals surface area contributed by atoms with Gasteiger partial charge in [-0.1, -0.05) is 48.1 Å². The summed E-state index contributed by atoms with van der Waals surface area (Å²) in [6, 6.07) is 2.26. The Labute approximate surface area is 143 Å². The lowest BCUT2D eigenvalue weighted by Crippen LogP contribution is -2.19. The second-order valence-corrected chi connectivity index (χ2v) is 10.4. The molecule has 0 N–H and O–H groups in total. The van der Waals surface area contributed by atoms with Gasteiger partial charge in [0.25, 0.3) is 0 Å². The van der Waals surface area contributed by atoms with Crippen LogP contribution in [-0.4, -0.2) is 25.5 Å². The average molecular weight is 334 g/mol. The maximum atomic E-state index is 5.96. The van der Waals surface area contributed by atoms with E-state index in [4.69, 9.17) is 9.47 Å². The fourth-order valence-electron chi connectivity index (χ4n) is 3.90. The Balaban J connectivity index is 2.81. The van der Waals surface area contributed by atoms with E-state index in [1.807, 2.05) is 7.11 Å². The molecule has 2 nitrogen and oxygen atoms in total. The molecule has 0 fully saturated rings. The first kappa shape index (κ1) is 18.3. The van der Waals surface area contributed by atoms with Crippen molar-refractivity contribution in [2.75, 3.05) is 14.2 Å². The van der Waals surface area contributed by atoms with E-state index in [0.717, 1.165) is 11.5 Å². The molecule has 0 saturated heterocycles. The predicted octanol–water partition coefficient (Wildman–Crippen LogP) is 5.54. The maximum absolute atomic E-state index is 5.96. The molecule has 0 saturated carbocycles. The van der Waals surface area contributed by atoms with Crippen LogP contribution in [0.5, 0.6) is 11.5 Å². The lowest BCUT2D eigenvalue weighted by molar-refractivity contribution is 0.400. The summed E-state index contributed by atoms with van der Waals surface area (Å²) < 4.78 is 11.8. The van der Waals surface area contributed by atoms with E-state index >= 15 is 0 Å². The van der Waals surface area contributed by atoms with Crippen LogP contribution < -0.4 is 14.8 Å². The maximum Gasteiger partial charge on any atom is 0.134 e. The zero-order valence-corrected chi connectivity index (χ0v) is 17.0. The van der Waals surface area contributed by atoms with E-state index in [2.05, 4.69) is 54.5 Å². The van der Waals surface area contributed by atoms with E-state index in [9.17, 15) is 0 Å². The van der Waals surface area contributed by atoms with E-state index < -0.39 is 0 Å². The highest BCUT2D eigenvalue weighted by atomic mass is 31.1. The fraction of sp³-hybridized carbons (Fsp3) is 0.600. The Morgan fingerprint density at radius 3 is 2.00 bits per heavy atom. The van der Waals surface area contributed by atoms with Crippen molar-refractivity contribution in [3.8, 4) is 11.5 Å². The van der Waals surface area contributed by atoms with Gasteiger partial charge in [0, 0.05) is 22.3 Å². The Hall–Kier alpha value is -1.01. The van der Waals surface area contributed by atoms with E-state index in [-0.39, 0.29) is 7.92 Å². The molecule has 2 rings (SSSR count). The Bertz CT molecular complexity index is 621. The molecule has 1 aromatic rings. The predicted molar refractivity (Wildman–Crippen MR) is 103 cm³/mol. The summed E-state index contributed by atoms with van der Waals surface area (Å²) >= 11 is 0. The molecule has 0 aromatic heterocycles. The molecule has 1 aliphatic rings. The molecule has 23 heavy (non-hydrogen) atoms. The zero-order chi connectivity index (χ0) is 17.5. The number of benzene rings is 1. The van der Waals surface area contributed by atoms with Gasteiger partial charge in [-0.2, -0.15) is 0 Å². The van der Waals surface area contributed by atoms with Gasteiger partial charge in [0.05, 0.1) is 14.2 Å². The highest BCUT2D eigenvalue weighted by Gasteiger charge is 2.34. The van der Waals surface area contributed by atoms with Gasteiger partial charge in [-0.05, 0) is 36.8 Å². The lowest BCUT2D eigenvalue weighted by atomic mass is 9.97. The van der Waals surface area contributed by atoms with Crippen LogP contribution in [0, 0.1) is 0 Å². The van der Waals surface area contributed by atoms with Crippen LogP contribution in [0.25, 0.3) is 5.57 Å². The van der Waals surface area contributed by atoms with Gasteiger partial charge >= 0.3 is 0 Å². The molecule has 128 valence electrons. The Kier molecular flexibility index (Phi) is 5.46. The van der Waals surface area contributed by atoms with Crippen LogP contribution >= 0.6 is 7.92 Å². The molecule has 0 amide bonds. The smallest absolute Gasteiger partial charge is 0.134 e. The van der Waals surface area contributed by atoms with E-state index in [1.165, 1.54) is 27.6 Å².